The summed E-state index contributed by atoms with van der Waals surface area (Å²) < 4.78 is 53.4. The molecular weight excluding hydrogens is 438 g/mol. The van der Waals surface area contributed by atoms with Gasteiger partial charge < -0.3 is 5.32 Å². The number of anilines is 1. The highest BCUT2D eigenvalue weighted by Crippen LogP contribution is 2.28. The molecule has 2 aromatic rings. The zero-order valence-corrected chi connectivity index (χ0v) is 19.6. The first kappa shape index (κ1) is 23.4. The van der Waals surface area contributed by atoms with Gasteiger partial charge in [0.25, 0.3) is 0 Å². The van der Waals surface area contributed by atoms with Crippen LogP contribution in [0.15, 0.2) is 52.3 Å². The van der Waals surface area contributed by atoms with Gasteiger partial charge in [0, 0.05) is 26.3 Å². The number of benzene rings is 2. The molecule has 1 aliphatic heterocycles. The zero-order chi connectivity index (χ0) is 23.0. The number of sulfonamides is 2. The minimum atomic E-state index is -3.82. The van der Waals surface area contributed by atoms with E-state index >= 15 is 0 Å². The maximum atomic E-state index is 13.1. The minimum absolute atomic E-state index is 0.0500. The van der Waals surface area contributed by atoms with Gasteiger partial charge in [-0.3, -0.25) is 4.79 Å². The van der Waals surface area contributed by atoms with Gasteiger partial charge in [0.15, 0.2) is 0 Å². The molecule has 0 aromatic heterocycles. The quantitative estimate of drug-likeness (QED) is 0.705. The average Bonchev–Trinajstić information content (AvgIpc) is 3.20. The second kappa shape index (κ2) is 8.70. The number of nitrogens with zero attached hydrogens (tertiary/aromatic N) is 2. The van der Waals surface area contributed by atoms with E-state index < -0.39 is 32.0 Å². The number of nitrogens with one attached hydrogen (secondary N) is 1. The number of hydrogen-bond acceptors (Lipinski definition) is 5. The number of hydrogen-bond donors (Lipinski definition) is 1. The molecule has 1 saturated heterocycles. The Hall–Kier alpha value is -2.27. The Bertz CT molecular complexity index is 1190. The van der Waals surface area contributed by atoms with Crippen LogP contribution in [0.3, 0.4) is 0 Å². The van der Waals surface area contributed by atoms with Crippen molar-refractivity contribution in [2.75, 3.05) is 26.0 Å². The van der Waals surface area contributed by atoms with Crippen LogP contribution in [-0.2, 0) is 24.8 Å². The maximum absolute atomic E-state index is 13.1. The first-order valence-corrected chi connectivity index (χ1v) is 12.7. The fraction of sp³-hybridized carbons (Fsp3) is 0.381. The maximum Gasteiger partial charge on any atom is 0.243 e. The highest BCUT2D eigenvalue weighted by molar-refractivity contribution is 7.89. The molecule has 1 amide bonds. The summed E-state index contributed by atoms with van der Waals surface area (Å²) in [5, 5.41) is 2.74. The molecule has 10 heteroatoms. The van der Waals surface area contributed by atoms with Crippen molar-refractivity contribution in [2.24, 2.45) is 0 Å². The lowest BCUT2D eigenvalue weighted by molar-refractivity contribution is -0.119. The van der Waals surface area contributed by atoms with Crippen molar-refractivity contribution in [3.8, 4) is 0 Å². The molecule has 168 valence electrons. The third kappa shape index (κ3) is 4.67. The molecule has 1 fully saturated rings. The summed E-state index contributed by atoms with van der Waals surface area (Å²) in [6, 6.07) is 10.1. The van der Waals surface area contributed by atoms with E-state index in [0.29, 0.717) is 24.1 Å². The second-order valence-corrected chi connectivity index (χ2v) is 11.9. The Morgan fingerprint density at radius 2 is 1.61 bits per heavy atom. The van der Waals surface area contributed by atoms with Gasteiger partial charge in [-0.1, -0.05) is 23.8 Å². The van der Waals surface area contributed by atoms with Crippen LogP contribution in [0.1, 0.15) is 24.0 Å². The Labute approximate surface area is 184 Å². The van der Waals surface area contributed by atoms with Crippen LogP contribution in [0.4, 0.5) is 5.69 Å². The van der Waals surface area contributed by atoms with E-state index in [1.54, 1.807) is 25.1 Å². The van der Waals surface area contributed by atoms with E-state index in [0.717, 1.165) is 9.87 Å². The molecule has 8 nitrogen and oxygen atoms in total. The smallest absolute Gasteiger partial charge is 0.243 e. The molecule has 0 saturated carbocycles. The standard InChI is InChI=1S/C21H27N3O5S2/c1-15-7-10-17(11-8-15)31(28,29)24-13-5-6-20(24)21(25)22-19-14-18(12-9-16(19)2)30(26,27)23(3)4/h7-12,14,20H,5-6,13H2,1-4H3,(H,22,25). The summed E-state index contributed by atoms with van der Waals surface area (Å²) in [5.74, 6) is -0.476. The van der Waals surface area contributed by atoms with Gasteiger partial charge in [-0.05, 0) is 56.5 Å². The second-order valence-electron chi connectivity index (χ2n) is 7.84. The summed E-state index contributed by atoms with van der Waals surface area (Å²) in [5.41, 5.74) is 1.96. The predicted molar refractivity (Wildman–Crippen MR) is 119 cm³/mol. The van der Waals surface area contributed by atoms with Crippen molar-refractivity contribution in [1.82, 2.24) is 8.61 Å². The van der Waals surface area contributed by atoms with E-state index in [2.05, 4.69) is 5.32 Å². The number of rotatable bonds is 6. The highest BCUT2D eigenvalue weighted by Gasteiger charge is 2.39. The highest BCUT2D eigenvalue weighted by atomic mass is 32.2. The van der Waals surface area contributed by atoms with Crippen LogP contribution in [0.25, 0.3) is 0 Å². The molecule has 1 heterocycles. The largest absolute Gasteiger partial charge is 0.324 e. The molecule has 31 heavy (non-hydrogen) atoms. The Morgan fingerprint density at radius 3 is 2.23 bits per heavy atom. The minimum Gasteiger partial charge on any atom is -0.324 e. The van der Waals surface area contributed by atoms with E-state index in [9.17, 15) is 21.6 Å². The van der Waals surface area contributed by atoms with E-state index in [-0.39, 0.29) is 16.3 Å². The van der Waals surface area contributed by atoms with Crippen LogP contribution < -0.4 is 5.32 Å². The fourth-order valence-electron chi connectivity index (χ4n) is 3.46. The Kier molecular flexibility index (Phi) is 6.56. The number of carbonyl (C=O) groups is 1. The van der Waals surface area contributed by atoms with Crippen molar-refractivity contribution >= 4 is 31.6 Å². The summed E-state index contributed by atoms with van der Waals surface area (Å²) in [4.78, 5) is 13.2. The monoisotopic (exact) mass is 465 g/mol. The Balaban J connectivity index is 1.87. The van der Waals surface area contributed by atoms with Gasteiger partial charge in [-0.2, -0.15) is 4.31 Å². The van der Waals surface area contributed by atoms with E-state index in [1.807, 2.05) is 6.92 Å². The average molecular weight is 466 g/mol. The number of amides is 1. The van der Waals surface area contributed by atoms with Crippen LogP contribution in [0.2, 0.25) is 0 Å². The summed E-state index contributed by atoms with van der Waals surface area (Å²) in [6.07, 6.45) is 0.961. The lowest BCUT2D eigenvalue weighted by Gasteiger charge is -2.24. The first-order chi connectivity index (χ1) is 14.4. The Morgan fingerprint density at radius 1 is 1.00 bits per heavy atom. The van der Waals surface area contributed by atoms with E-state index in [4.69, 9.17) is 0 Å². The van der Waals surface area contributed by atoms with Crippen molar-refractivity contribution in [3.05, 3.63) is 53.6 Å². The summed E-state index contributed by atoms with van der Waals surface area (Å²) in [7, 11) is -4.63. The molecule has 1 unspecified atom stereocenters. The molecule has 0 aliphatic carbocycles. The van der Waals surface area contributed by atoms with E-state index in [1.165, 1.54) is 42.7 Å². The van der Waals surface area contributed by atoms with Gasteiger partial charge >= 0.3 is 0 Å². The molecule has 1 N–H and O–H groups in total. The van der Waals surface area contributed by atoms with Crippen LogP contribution in [0.5, 0.6) is 0 Å². The first-order valence-electron chi connectivity index (χ1n) is 9.87. The van der Waals surface area contributed by atoms with Gasteiger partial charge in [0.2, 0.25) is 26.0 Å². The predicted octanol–water partition coefficient (Wildman–Crippen LogP) is 2.35. The number of aryl methyl sites for hydroxylation is 2. The van der Waals surface area contributed by atoms with Gasteiger partial charge in [-0.15, -0.1) is 0 Å². The van der Waals surface area contributed by atoms with Crippen molar-refractivity contribution < 1.29 is 21.6 Å². The topological polar surface area (TPSA) is 104 Å². The molecule has 1 aliphatic rings. The molecule has 0 spiro atoms. The SMILES string of the molecule is Cc1ccc(S(=O)(=O)N2CCCC2C(=O)Nc2cc(S(=O)(=O)N(C)C)ccc2C)cc1. The van der Waals surface area contributed by atoms with Crippen molar-refractivity contribution in [2.45, 2.75) is 42.5 Å². The fourth-order valence-corrected chi connectivity index (χ4v) is 6.04. The summed E-state index contributed by atoms with van der Waals surface area (Å²) in [6.45, 7) is 3.87. The number of carbonyl (C=O) groups excluding carboxylic acids is 1. The lowest BCUT2D eigenvalue weighted by Crippen LogP contribution is -2.43. The van der Waals surface area contributed by atoms with Crippen molar-refractivity contribution in [1.29, 1.82) is 0 Å². The normalized spacial score (nSPS) is 17.8. The molecule has 3 rings (SSSR count). The lowest BCUT2D eigenvalue weighted by atomic mass is 10.1. The molecule has 1 atom stereocenters. The molecule has 2 aromatic carbocycles. The van der Waals surface area contributed by atoms with Crippen LogP contribution in [0, 0.1) is 13.8 Å². The van der Waals surface area contributed by atoms with Gasteiger partial charge in [0.05, 0.1) is 9.79 Å². The zero-order valence-electron chi connectivity index (χ0n) is 18.0. The molecule has 0 bridgehead atoms. The molecule has 0 radical (unpaired) electrons. The van der Waals surface area contributed by atoms with Crippen molar-refractivity contribution in [3.63, 3.8) is 0 Å². The third-order valence-electron chi connectivity index (χ3n) is 5.38. The van der Waals surface area contributed by atoms with Gasteiger partial charge in [-0.25, -0.2) is 21.1 Å². The van der Waals surface area contributed by atoms with Crippen LogP contribution >= 0.6 is 0 Å². The third-order valence-corrected chi connectivity index (χ3v) is 9.11. The van der Waals surface area contributed by atoms with Gasteiger partial charge in [0.1, 0.15) is 6.04 Å². The van der Waals surface area contributed by atoms with Crippen LogP contribution in [-0.4, -0.2) is 58.0 Å². The molecular formula is C21H27N3O5S2. The summed E-state index contributed by atoms with van der Waals surface area (Å²) >= 11 is 0.